The van der Waals surface area contributed by atoms with Gasteiger partial charge in [-0.25, -0.2) is 0 Å². The number of esters is 1. The molecule has 1 amide bonds. The van der Waals surface area contributed by atoms with Crippen LogP contribution >= 0.6 is 0 Å². The van der Waals surface area contributed by atoms with E-state index in [1.54, 1.807) is 30.9 Å². The molecule has 0 bridgehead atoms. The van der Waals surface area contributed by atoms with Gasteiger partial charge in [0.1, 0.15) is 5.75 Å². The van der Waals surface area contributed by atoms with Crippen molar-refractivity contribution in [2.75, 3.05) is 18.6 Å². The molecule has 0 unspecified atom stereocenters. The Kier molecular flexibility index (Phi) is 7.13. The molecule has 5 heteroatoms. The number of methoxy groups -OCH3 is 1. The van der Waals surface area contributed by atoms with Crippen LogP contribution in [0.25, 0.3) is 0 Å². The number of anilines is 1. The first kappa shape index (κ1) is 25.4. The van der Waals surface area contributed by atoms with E-state index >= 15 is 0 Å². The molecule has 0 aliphatic heterocycles. The zero-order chi connectivity index (χ0) is 24.5. The monoisotopic (exact) mass is 439 g/mol. The maximum absolute atomic E-state index is 13.7. The Morgan fingerprint density at radius 1 is 0.875 bits per heavy atom. The Balaban J connectivity index is 2.78. The van der Waals surface area contributed by atoms with Gasteiger partial charge in [-0.3, -0.25) is 9.59 Å². The van der Waals surface area contributed by atoms with E-state index in [4.69, 9.17) is 4.74 Å². The van der Waals surface area contributed by atoms with Crippen LogP contribution in [0.15, 0.2) is 42.5 Å². The number of carbonyl (C=O) groups is 2. The van der Waals surface area contributed by atoms with E-state index in [0.29, 0.717) is 11.3 Å². The van der Waals surface area contributed by atoms with Gasteiger partial charge in [0.2, 0.25) is 0 Å². The molecule has 0 fully saturated rings. The van der Waals surface area contributed by atoms with Crippen molar-refractivity contribution in [1.82, 2.24) is 0 Å². The van der Waals surface area contributed by atoms with Crippen LogP contribution in [0, 0.1) is 5.41 Å². The number of rotatable bonds is 5. The predicted octanol–water partition coefficient (Wildman–Crippen LogP) is 5.83. The number of amides is 1. The molecule has 0 saturated heterocycles. The third-order valence-electron chi connectivity index (χ3n) is 5.58. The number of nitrogens with zero attached hydrogens (tertiary/aromatic N) is 1. The maximum Gasteiger partial charge on any atom is 0.313 e. The summed E-state index contributed by atoms with van der Waals surface area (Å²) in [6.07, 6.45) is 0. The van der Waals surface area contributed by atoms with Crippen molar-refractivity contribution < 1.29 is 19.4 Å². The van der Waals surface area contributed by atoms with Crippen LogP contribution in [0.3, 0.4) is 0 Å². The Bertz CT molecular complexity index is 944. The predicted molar refractivity (Wildman–Crippen MR) is 129 cm³/mol. The molecule has 0 radical (unpaired) electrons. The van der Waals surface area contributed by atoms with Crippen LogP contribution in [0.5, 0.6) is 5.75 Å². The molecule has 0 saturated carbocycles. The Hall–Kier alpha value is -2.82. The van der Waals surface area contributed by atoms with Gasteiger partial charge in [0.15, 0.2) is 0 Å². The minimum absolute atomic E-state index is 0.130. The summed E-state index contributed by atoms with van der Waals surface area (Å²) in [5.41, 5.74) is 1.04. The first-order valence-corrected chi connectivity index (χ1v) is 10.9. The molecular formula is C27H37NO4. The number of phenols is 1. The third kappa shape index (κ3) is 5.50. The lowest BCUT2D eigenvalue weighted by Crippen LogP contribution is -2.43. The van der Waals surface area contributed by atoms with Gasteiger partial charge in [0, 0.05) is 28.9 Å². The van der Waals surface area contributed by atoms with Crippen LogP contribution in [0.4, 0.5) is 5.69 Å². The largest absolute Gasteiger partial charge is 0.507 e. The van der Waals surface area contributed by atoms with Gasteiger partial charge in [-0.2, -0.15) is 0 Å². The fourth-order valence-electron chi connectivity index (χ4n) is 3.67. The van der Waals surface area contributed by atoms with E-state index in [1.165, 1.54) is 7.11 Å². The van der Waals surface area contributed by atoms with Crippen molar-refractivity contribution in [2.45, 2.75) is 66.2 Å². The van der Waals surface area contributed by atoms with E-state index in [1.807, 2.05) is 71.9 Å². The molecule has 0 aliphatic carbocycles. The lowest BCUT2D eigenvalue weighted by Gasteiger charge is -2.34. The number of hydrogen-bond donors (Lipinski definition) is 1. The van der Waals surface area contributed by atoms with Gasteiger partial charge in [-0.05, 0) is 48.9 Å². The van der Waals surface area contributed by atoms with E-state index in [0.717, 1.165) is 11.1 Å². The topological polar surface area (TPSA) is 66.8 Å². The smallest absolute Gasteiger partial charge is 0.313 e. The van der Waals surface area contributed by atoms with Gasteiger partial charge in [0.05, 0.1) is 12.5 Å². The molecule has 0 aromatic heterocycles. The summed E-state index contributed by atoms with van der Waals surface area (Å²) in [6.45, 7) is 15.8. The summed E-state index contributed by atoms with van der Waals surface area (Å²) in [7, 11) is 1.35. The van der Waals surface area contributed by atoms with Crippen molar-refractivity contribution in [3.63, 3.8) is 0 Å². The van der Waals surface area contributed by atoms with E-state index in [-0.39, 0.29) is 29.0 Å². The first-order chi connectivity index (χ1) is 14.6. The molecule has 0 atom stereocenters. The minimum atomic E-state index is -0.930. The molecule has 2 rings (SSSR count). The highest BCUT2D eigenvalue weighted by Gasteiger charge is 2.36. The van der Waals surface area contributed by atoms with Crippen molar-refractivity contribution >= 4 is 17.6 Å². The van der Waals surface area contributed by atoms with Gasteiger partial charge in [-0.1, -0.05) is 59.7 Å². The summed E-state index contributed by atoms with van der Waals surface area (Å²) in [5.74, 6) is -0.365. The van der Waals surface area contributed by atoms with Crippen molar-refractivity contribution in [3.8, 4) is 5.75 Å². The van der Waals surface area contributed by atoms with Crippen molar-refractivity contribution in [1.29, 1.82) is 0 Å². The molecule has 5 nitrogen and oxygen atoms in total. The van der Waals surface area contributed by atoms with E-state index in [2.05, 4.69) is 0 Å². The highest BCUT2D eigenvalue weighted by Crippen LogP contribution is 2.42. The average molecular weight is 440 g/mol. The number of aromatic hydroxyl groups is 1. The number of benzene rings is 2. The number of ether oxygens (including phenoxy) is 1. The zero-order valence-corrected chi connectivity index (χ0v) is 20.9. The van der Waals surface area contributed by atoms with Crippen molar-refractivity contribution in [3.05, 3.63) is 59.2 Å². The molecule has 32 heavy (non-hydrogen) atoms. The average Bonchev–Trinajstić information content (AvgIpc) is 2.70. The maximum atomic E-state index is 13.7. The molecule has 0 aliphatic rings. The molecule has 2 aromatic rings. The third-order valence-corrected chi connectivity index (χ3v) is 5.58. The second-order valence-corrected chi connectivity index (χ2v) is 11.0. The van der Waals surface area contributed by atoms with Crippen LogP contribution < -0.4 is 4.90 Å². The normalized spacial score (nSPS) is 12.4. The molecule has 2 aromatic carbocycles. The Labute approximate surface area is 192 Å². The fraction of sp³-hybridized carbons (Fsp3) is 0.481. The molecular weight excluding hydrogens is 402 g/mol. The highest BCUT2D eigenvalue weighted by molar-refractivity contribution is 6.06. The second kappa shape index (κ2) is 8.97. The van der Waals surface area contributed by atoms with Crippen molar-refractivity contribution in [2.24, 2.45) is 5.41 Å². The minimum Gasteiger partial charge on any atom is -0.507 e. The van der Waals surface area contributed by atoms with E-state index in [9.17, 15) is 14.7 Å². The number of hydrogen-bond acceptors (Lipinski definition) is 4. The summed E-state index contributed by atoms with van der Waals surface area (Å²) >= 11 is 0. The molecule has 174 valence electrons. The van der Waals surface area contributed by atoms with Gasteiger partial charge >= 0.3 is 5.97 Å². The zero-order valence-electron chi connectivity index (χ0n) is 20.9. The lowest BCUT2D eigenvalue weighted by atomic mass is 9.79. The van der Waals surface area contributed by atoms with E-state index < -0.39 is 11.4 Å². The van der Waals surface area contributed by atoms with Gasteiger partial charge in [0.25, 0.3) is 5.91 Å². The number of carbonyl (C=O) groups excluding carboxylic acids is 2. The van der Waals surface area contributed by atoms with Crippen LogP contribution in [0.2, 0.25) is 0 Å². The summed E-state index contributed by atoms with van der Waals surface area (Å²) in [5, 5.41) is 11.1. The van der Waals surface area contributed by atoms with Crippen LogP contribution in [-0.2, 0) is 20.4 Å². The second-order valence-electron chi connectivity index (χ2n) is 11.0. The first-order valence-electron chi connectivity index (χ1n) is 10.9. The van der Waals surface area contributed by atoms with Crippen LogP contribution in [-0.4, -0.2) is 30.6 Å². The molecule has 0 spiro atoms. The number of phenolic OH excluding ortho intramolecular Hbond substituents is 1. The molecule has 1 N–H and O–H groups in total. The Morgan fingerprint density at radius 2 is 1.34 bits per heavy atom. The van der Waals surface area contributed by atoms with Crippen LogP contribution in [0.1, 0.15) is 76.9 Å². The Morgan fingerprint density at radius 3 is 1.75 bits per heavy atom. The summed E-state index contributed by atoms with van der Waals surface area (Å²) in [6, 6.07) is 12.7. The SMILES string of the molecule is COC(=O)C(C)(C)CN(C(=O)c1ccccc1)c1cc(C(C)(C)C)c(O)c(C(C)(C)C)c1. The quantitative estimate of drug-likeness (QED) is 0.595. The summed E-state index contributed by atoms with van der Waals surface area (Å²) in [4.78, 5) is 27.7. The fourth-order valence-corrected chi connectivity index (χ4v) is 3.67. The summed E-state index contributed by atoms with van der Waals surface area (Å²) < 4.78 is 5.00. The highest BCUT2D eigenvalue weighted by atomic mass is 16.5. The lowest BCUT2D eigenvalue weighted by molar-refractivity contribution is -0.150. The van der Waals surface area contributed by atoms with Gasteiger partial charge < -0.3 is 14.7 Å². The molecule has 0 heterocycles. The standard InChI is InChI=1S/C27H37NO4/c1-25(2,3)20-15-19(16-21(22(20)29)26(4,5)6)28(17-27(7,8)24(31)32-9)23(30)18-13-11-10-12-14-18/h10-16,29H,17H2,1-9H3. The van der Waals surface area contributed by atoms with Gasteiger partial charge in [-0.15, -0.1) is 0 Å².